The number of quaternary nitrogens is 1. The molecule has 310 valence electrons. The lowest BCUT2D eigenvalue weighted by Crippen LogP contribution is -2.37. The van der Waals surface area contributed by atoms with E-state index < -0.39 is 13.7 Å². The predicted octanol–water partition coefficient (Wildman–Crippen LogP) is 13.5. The molecular weight excluding hydrogens is 669 g/mol. The van der Waals surface area contributed by atoms with Crippen LogP contribution in [0.4, 0.5) is 0 Å². The van der Waals surface area contributed by atoms with Gasteiger partial charge in [-0.2, -0.15) is 0 Å². The van der Waals surface area contributed by atoms with Crippen LogP contribution in [-0.2, 0) is 23.2 Å². The Morgan fingerprint density at radius 2 is 0.846 bits per heavy atom. The van der Waals surface area contributed by atoms with Gasteiger partial charge in [-0.05, 0) is 12.8 Å². The molecule has 0 aromatic rings. The largest absolute Gasteiger partial charge is 0.472 e. The second kappa shape index (κ2) is 36.1. The van der Waals surface area contributed by atoms with E-state index in [4.69, 9.17) is 9.05 Å². The summed E-state index contributed by atoms with van der Waals surface area (Å²) in [4.78, 5) is 36.4. The molecule has 2 atom stereocenters. The zero-order chi connectivity index (χ0) is 38.6. The lowest BCUT2D eigenvalue weighted by atomic mass is 9.92. The van der Waals surface area contributed by atoms with E-state index in [0.717, 1.165) is 38.5 Å². The van der Waals surface area contributed by atoms with E-state index in [2.05, 4.69) is 13.8 Å². The molecule has 0 amide bonds. The van der Waals surface area contributed by atoms with E-state index in [1.807, 2.05) is 21.1 Å². The number of phosphoric ester groups is 1. The highest BCUT2D eigenvalue weighted by Gasteiger charge is 2.28. The number of rotatable bonds is 42. The Morgan fingerprint density at radius 3 is 1.19 bits per heavy atom. The number of carbonyl (C=O) groups excluding carboxylic acids is 2. The Hall–Kier alpha value is -0.590. The number of hydrogen-bond donors (Lipinski definition) is 1. The fraction of sp³-hybridized carbons (Fsp3) is 0.955. The number of carbonyl (C=O) groups is 2. The highest BCUT2D eigenvalue weighted by Crippen LogP contribution is 2.43. The summed E-state index contributed by atoms with van der Waals surface area (Å²) in [6.07, 6.45) is 39.1. The maximum absolute atomic E-state index is 13.2. The van der Waals surface area contributed by atoms with Gasteiger partial charge < -0.3 is 9.38 Å². The van der Waals surface area contributed by atoms with Crippen molar-refractivity contribution in [3.8, 4) is 0 Å². The second-order valence-corrected chi connectivity index (χ2v) is 18.4. The van der Waals surface area contributed by atoms with Crippen LogP contribution < -0.4 is 0 Å². The van der Waals surface area contributed by atoms with Crippen molar-refractivity contribution in [3.63, 3.8) is 0 Å². The van der Waals surface area contributed by atoms with Gasteiger partial charge in [0, 0.05) is 25.2 Å². The summed E-state index contributed by atoms with van der Waals surface area (Å²) in [6.45, 7) is 4.91. The molecule has 0 aliphatic carbocycles. The Kier molecular flexibility index (Phi) is 35.7. The van der Waals surface area contributed by atoms with Crippen LogP contribution in [0.3, 0.4) is 0 Å². The van der Waals surface area contributed by atoms with Gasteiger partial charge in [0.1, 0.15) is 24.7 Å². The van der Waals surface area contributed by atoms with Crippen LogP contribution in [0.25, 0.3) is 0 Å². The van der Waals surface area contributed by atoms with Crippen LogP contribution >= 0.6 is 7.82 Å². The lowest BCUT2D eigenvalue weighted by Gasteiger charge is -2.24. The Morgan fingerprint density at radius 1 is 0.519 bits per heavy atom. The van der Waals surface area contributed by atoms with Gasteiger partial charge in [-0.25, -0.2) is 4.57 Å². The van der Waals surface area contributed by atoms with Crippen LogP contribution in [0.1, 0.15) is 226 Å². The smallest absolute Gasteiger partial charge is 0.329 e. The molecule has 0 saturated carbocycles. The second-order valence-electron chi connectivity index (χ2n) is 16.9. The van der Waals surface area contributed by atoms with E-state index >= 15 is 0 Å². The summed E-state index contributed by atoms with van der Waals surface area (Å²) < 4.78 is 23.6. The molecule has 0 aromatic carbocycles. The molecule has 0 bridgehead atoms. The van der Waals surface area contributed by atoms with Crippen LogP contribution in [0.5, 0.6) is 0 Å². The average Bonchev–Trinajstić information content (AvgIpc) is 3.09. The van der Waals surface area contributed by atoms with Crippen LogP contribution in [0.15, 0.2) is 0 Å². The fourth-order valence-electron chi connectivity index (χ4n) is 6.86. The number of ketones is 2. The predicted molar refractivity (Wildman–Crippen MR) is 222 cm³/mol. The van der Waals surface area contributed by atoms with Gasteiger partial charge in [0.25, 0.3) is 0 Å². The number of hydrogen-bond acceptors (Lipinski definition) is 5. The lowest BCUT2D eigenvalue weighted by molar-refractivity contribution is -0.870. The molecule has 52 heavy (non-hydrogen) atoms. The molecule has 0 fully saturated rings. The highest BCUT2D eigenvalue weighted by atomic mass is 31.2. The van der Waals surface area contributed by atoms with Crippen molar-refractivity contribution in [2.45, 2.75) is 226 Å². The minimum absolute atomic E-state index is 0.0362. The summed E-state index contributed by atoms with van der Waals surface area (Å²) in [5.41, 5.74) is 0. The van der Waals surface area contributed by atoms with E-state index in [0.29, 0.717) is 23.9 Å². The number of nitrogens with zero attached hydrogens (tertiary/aromatic N) is 1. The van der Waals surface area contributed by atoms with Crippen molar-refractivity contribution < 1.29 is 32.6 Å². The summed E-state index contributed by atoms with van der Waals surface area (Å²) >= 11 is 0. The third-order valence-corrected chi connectivity index (χ3v) is 11.5. The first-order valence-corrected chi connectivity index (χ1v) is 24.0. The molecule has 0 spiro atoms. The first-order chi connectivity index (χ1) is 25.0. The van der Waals surface area contributed by atoms with Gasteiger partial charge in [-0.3, -0.25) is 18.6 Å². The van der Waals surface area contributed by atoms with Crippen LogP contribution in [-0.4, -0.2) is 61.8 Å². The van der Waals surface area contributed by atoms with Crippen LogP contribution in [0.2, 0.25) is 0 Å². The maximum Gasteiger partial charge on any atom is 0.472 e. The van der Waals surface area contributed by atoms with Crippen molar-refractivity contribution in [3.05, 3.63) is 0 Å². The standard InChI is InChI=1S/C44H88NO6P/c1-6-8-10-12-14-16-18-20-22-24-26-28-30-32-34-36-43(46)40-42(41-51-52(48,49)50-39-38-45(3,4)5)44(47)37-35-33-31-29-27-25-23-21-19-17-15-13-11-9-7-2/h42H,6-41H2,1-5H3/p+1. The van der Waals surface area contributed by atoms with Gasteiger partial charge in [0.15, 0.2) is 0 Å². The first-order valence-electron chi connectivity index (χ1n) is 22.5. The Bertz CT molecular complexity index is 860. The van der Waals surface area contributed by atoms with Crippen molar-refractivity contribution in [2.24, 2.45) is 5.92 Å². The molecule has 0 heterocycles. The summed E-state index contributed by atoms with van der Waals surface area (Å²) in [5.74, 6) is -0.685. The normalized spacial score (nSPS) is 13.7. The molecule has 1 N–H and O–H groups in total. The monoisotopic (exact) mass is 759 g/mol. The minimum atomic E-state index is -4.31. The number of Topliss-reactive ketones (excluding diaryl/α,β-unsaturated/α-hetero) is 2. The molecular formula is C44H89NO6P+. The zero-order valence-corrected chi connectivity index (χ0v) is 36.3. The topological polar surface area (TPSA) is 89.9 Å². The number of phosphoric acid groups is 1. The van der Waals surface area contributed by atoms with E-state index in [1.54, 1.807) is 0 Å². The zero-order valence-electron chi connectivity index (χ0n) is 35.4. The molecule has 0 saturated heterocycles. The van der Waals surface area contributed by atoms with Crippen molar-refractivity contribution in [1.29, 1.82) is 0 Å². The van der Waals surface area contributed by atoms with Crippen molar-refractivity contribution in [1.82, 2.24) is 0 Å². The summed E-state index contributed by atoms with van der Waals surface area (Å²) in [5, 5.41) is 0. The average molecular weight is 759 g/mol. The van der Waals surface area contributed by atoms with Crippen molar-refractivity contribution in [2.75, 3.05) is 40.9 Å². The van der Waals surface area contributed by atoms with Gasteiger partial charge in [-0.15, -0.1) is 0 Å². The van der Waals surface area contributed by atoms with Gasteiger partial charge in [0.05, 0.1) is 27.7 Å². The first kappa shape index (κ1) is 51.4. The molecule has 8 heteroatoms. The minimum Gasteiger partial charge on any atom is -0.329 e. The Balaban J connectivity index is 4.34. The van der Waals surface area contributed by atoms with Crippen LogP contribution in [0, 0.1) is 5.92 Å². The number of unbranched alkanes of at least 4 members (excludes halogenated alkanes) is 28. The third-order valence-electron chi connectivity index (χ3n) is 10.5. The summed E-state index contributed by atoms with van der Waals surface area (Å²) in [7, 11) is 1.62. The van der Waals surface area contributed by atoms with E-state index in [9.17, 15) is 19.0 Å². The van der Waals surface area contributed by atoms with E-state index in [-0.39, 0.29) is 31.2 Å². The maximum atomic E-state index is 13.2. The van der Waals surface area contributed by atoms with E-state index in [1.165, 1.54) is 154 Å². The molecule has 7 nitrogen and oxygen atoms in total. The van der Waals surface area contributed by atoms with Gasteiger partial charge in [0.2, 0.25) is 0 Å². The Labute approximate surface area is 323 Å². The third kappa shape index (κ3) is 37.7. The fourth-order valence-corrected chi connectivity index (χ4v) is 7.62. The highest BCUT2D eigenvalue weighted by molar-refractivity contribution is 7.47. The molecule has 0 aromatic heterocycles. The summed E-state index contributed by atoms with van der Waals surface area (Å²) in [6, 6.07) is 0. The quantitative estimate of drug-likeness (QED) is 0.0379. The molecule has 2 unspecified atom stereocenters. The molecule has 0 aliphatic heterocycles. The molecule has 0 aliphatic rings. The van der Waals surface area contributed by atoms with Gasteiger partial charge >= 0.3 is 7.82 Å². The molecule has 0 rings (SSSR count). The van der Waals surface area contributed by atoms with Crippen molar-refractivity contribution >= 4 is 19.4 Å². The molecule has 0 radical (unpaired) electrons. The number of likely N-dealkylation sites (N-methyl/N-ethyl adjacent to an activating group) is 1. The SMILES string of the molecule is CCCCCCCCCCCCCCCCCC(=O)CC(COP(=O)(O)OCC[N+](C)(C)C)C(=O)CCCCCCCCCCCCCCCCC. The van der Waals surface area contributed by atoms with Gasteiger partial charge in [-0.1, -0.05) is 194 Å².